The predicted molar refractivity (Wildman–Crippen MR) is 104 cm³/mol. The lowest BCUT2D eigenvalue weighted by atomic mass is 10.0. The fourth-order valence-corrected chi connectivity index (χ4v) is 4.44. The molecule has 3 rings (SSSR count). The van der Waals surface area contributed by atoms with E-state index in [-0.39, 0.29) is 17.2 Å². The van der Waals surface area contributed by atoms with Crippen molar-refractivity contribution in [2.75, 3.05) is 6.54 Å². The summed E-state index contributed by atoms with van der Waals surface area (Å²) in [6.45, 7) is 3.19. The Kier molecular flexibility index (Phi) is 5.71. The molecule has 0 aliphatic carbocycles. The van der Waals surface area contributed by atoms with E-state index in [1.807, 2.05) is 20.8 Å². The van der Waals surface area contributed by atoms with Gasteiger partial charge in [-0.25, -0.2) is 13.1 Å². The highest BCUT2D eigenvalue weighted by Gasteiger charge is 2.17. The first-order chi connectivity index (χ1) is 13.2. The first kappa shape index (κ1) is 20.3. The van der Waals surface area contributed by atoms with E-state index in [1.165, 1.54) is 18.2 Å². The topological polar surface area (TPSA) is 71.2 Å². The van der Waals surface area contributed by atoms with Gasteiger partial charge in [0.2, 0.25) is 10.0 Å². The van der Waals surface area contributed by atoms with Gasteiger partial charge in [-0.1, -0.05) is 17.7 Å². The lowest BCUT2D eigenvalue weighted by Gasteiger charge is -2.09. The Hall–Kier alpha value is -2.45. The standard InChI is InChI=1S/C20H22F2N2O3S/c1-12-9-13(2)19-18(10-12)17(14(3)24-19)7-8-23-28(25,26)16-6-4-5-15(11-16)27-20(21)22/h4-6,9-11,20,23-24H,7-8H2,1-3H3. The zero-order chi connectivity index (χ0) is 20.5. The van der Waals surface area contributed by atoms with Crippen LogP contribution in [-0.4, -0.2) is 26.6 Å². The van der Waals surface area contributed by atoms with E-state index < -0.39 is 16.6 Å². The summed E-state index contributed by atoms with van der Waals surface area (Å²) in [6.07, 6.45) is 0.501. The fourth-order valence-electron chi connectivity index (χ4n) is 3.37. The van der Waals surface area contributed by atoms with Crippen molar-refractivity contribution in [1.82, 2.24) is 9.71 Å². The number of ether oxygens (including phenoxy) is 1. The number of H-pyrrole nitrogens is 1. The van der Waals surface area contributed by atoms with Crippen LogP contribution in [0.5, 0.6) is 5.75 Å². The highest BCUT2D eigenvalue weighted by Crippen LogP contribution is 2.27. The number of aryl methyl sites for hydroxylation is 3. The second-order valence-corrected chi connectivity index (χ2v) is 8.50. The van der Waals surface area contributed by atoms with Crippen molar-refractivity contribution < 1.29 is 21.9 Å². The SMILES string of the molecule is Cc1cc(C)c2[nH]c(C)c(CCNS(=O)(=O)c3cccc(OC(F)F)c3)c2c1. The summed E-state index contributed by atoms with van der Waals surface area (Å²) in [4.78, 5) is 3.25. The molecule has 1 aromatic heterocycles. The molecule has 0 amide bonds. The van der Waals surface area contributed by atoms with Crippen molar-refractivity contribution in [3.63, 3.8) is 0 Å². The number of hydrogen-bond donors (Lipinski definition) is 2. The predicted octanol–water partition coefficient (Wildman–Crippen LogP) is 4.22. The number of sulfonamides is 1. The Labute approximate surface area is 162 Å². The van der Waals surface area contributed by atoms with Crippen molar-refractivity contribution in [2.45, 2.75) is 38.7 Å². The molecule has 0 saturated carbocycles. The van der Waals surface area contributed by atoms with Gasteiger partial charge in [0.15, 0.2) is 0 Å². The zero-order valence-electron chi connectivity index (χ0n) is 15.8. The van der Waals surface area contributed by atoms with E-state index in [2.05, 4.69) is 26.6 Å². The van der Waals surface area contributed by atoms with E-state index >= 15 is 0 Å². The van der Waals surface area contributed by atoms with Crippen LogP contribution in [0.25, 0.3) is 10.9 Å². The smallest absolute Gasteiger partial charge is 0.387 e. The molecule has 3 aromatic rings. The van der Waals surface area contributed by atoms with Crippen molar-refractivity contribution in [2.24, 2.45) is 0 Å². The van der Waals surface area contributed by atoms with Gasteiger partial charge in [-0.3, -0.25) is 0 Å². The number of alkyl halides is 2. The third-order valence-electron chi connectivity index (χ3n) is 4.58. The van der Waals surface area contributed by atoms with Gasteiger partial charge in [0.1, 0.15) is 5.75 Å². The first-order valence-electron chi connectivity index (χ1n) is 8.80. The van der Waals surface area contributed by atoms with Crippen LogP contribution in [0.15, 0.2) is 41.3 Å². The quantitative estimate of drug-likeness (QED) is 0.615. The Morgan fingerprint density at radius 1 is 1.14 bits per heavy atom. The molecule has 0 unspecified atom stereocenters. The summed E-state index contributed by atoms with van der Waals surface area (Å²) >= 11 is 0. The van der Waals surface area contributed by atoms with Gasteiger partial charge in [-0.2, -0.15) is 8.78 Å². The van der Waals surface area contributed by atoms with Crippen molar-refractivity contribution >= 4 is 20.9 Å². The number of nitrogens with one attached hydrogen (secondary N) is 2. The van der Waals surface area contributed by atoms with E-state index in [0.717, 1.165) is 39.4 Å². The van der Waals surface area contributed by atoms with Crippen LogP contribution in [0.3, 0.4) is 0 Å². The zero-order valence-corrected chi connectivity index (χ0v) is 16.7. The third kappa shape index (κ3) is 4.34. The van der Waals surface area contributed by atoms with E-state index in [1.54, 1.807) is 0 Å². The van der Waals surface area contributed by atoms with Crippen LogP contribution in [0.1, 0.15) is 22.4 Å². The summed E-state index contributed by atoms with van der Waals surface area (Å²) < 4.78 is 56.5. The van der Waals surface area contributed by atoms with E-state index in [9.17, 15) is 17.2 Å². The molecule has 0 aliphatic heterocycles. The molecule has 150 valence electrons. The molecule has 0 bridgehead atoms. The fraction of sp³-hybridized carbons (Fsp3) is 0.300. The molecule has 1 heterocycles. The van der Waals surface area contributed by atoms with Crippen LogP contribution < -0.4 is 9.46 Å². The van der Waals surface area contributed by atoms with E-state index in [0.29, 0.717) is 6.42 Å². The number of benzene rings is 2. The maximum Gasteiger partial charge on any atom is 0.387 e. The molecule has 0 radical (unpaired) electrons. The average Bonchev–Trinajstić information content (AvgIpc) is 2.91. The summed E-state index contributed by atoms with van der Waals surface area (Å²) in [5, 5.41) is 1.08. The molecule has 28 heavy (non-hydrogen) atoms. The lowest BCUT2D eigenvalue weighted by Crippen LogP contribution is -2.26. The number of fused-ring (bicyclic) bond motifs is 1. The highest BCUT2D eigenvalue weighted by atomic mass is 32.2. The summed E-state index contributed by atoms with van der Waals surface area (Å²) in [5.41, 5.74) is 5.38. The minimum atomic E-state index is -3.84. The molecule has 2 N–H and O–H groups in total. The molecular weight excluding hydrogens is 386 g/mol. The highest BCUT2D eigenvalue weighted by molar-refractivity contribution is 7.89. The molecule has 0 spiro atoms. The third-order valence-corrected chi connectivity index (χ3v) is 6.04. The van der Waals surface area contributed by atoms with Crippen LogP contribution >= 0.6 is 0 Å². The number of rotatable bonds is 7. The Morgan fingerprint density at radius 3 is 2.61 bits per heavy atom. The number of aromatic nitrogens is 1. The average molecular weight is 408 g/mol. The normalized spacial score (nSPS) is 12.1. The number of hydrogen-bond acceptors (Lipinski definition) is 3. The second kappa shape index (κ2) is 7.89. The maximum absolute atomic E-state index is 12.5. The van der Waals surface area contributed by atoms with Gasteiger partial charge in [-0.15, -0.1) is 0 Å². The van der Waals surface area contributed by atoms with Crippen LogP contribution in [-0.2, 0) is 16.4 Å². The van der Waals surface area contributed by atoms with Crippen molar-refractivity contribution in [3.8, 4) is 5.75 Å². The Balaban J connectivity index is 1.76. The van der Waals surface area contributed by atoms with Crippen LogP contribution in [0.2, 0.25) is 0 Å². The van der Waals surface area contributed by atoms with Crippen molar-refractivity contribution in [1.29, 1.82) is 0 Å². The molecule has 0 atom stereocenters. The van der Waals surface area contributed by atoms with Crippen molar-refractivity contribution in [3.05, 3.63) is 58.8 Å². The molecule has 0 saturated heterocycles. The minimum Gasteiger partial charge on any atom is -0.435 e. The molecular formula is C20H22F2N2O3S. The molecule has 8 heteroatoms. The number of halogens is 2. The molecule has 0 aliphatic rings. The minimum absolute atomic E-state index is 0.118. The summed E-state index contributed by atoms with van der Waals surface area (Å²) in [7, 11) is -3.84. The van der Waals surface area contributed by atoms with Gasteiger partial charge in [0.05, 0.1) is 4.90 Å². The summed E-state index contributed by atoms with van der Waals surface area (Å²) in [5.74, 6) is -0.198. The number of aromatic amines is 1. The maximum atomic E-state index is 12.5. The lowest BCUT2D eigenvalue weighted by molar-refractivity contribution is -0.0499. The van der Waals surface area contributed by atoms with Gasteiger partial charge >= 0.3 is 6.61 Å². The summed E-state index contributed by atoms with van der Waals surface area (Å²) in [6, 6.07) is 9.25. The largest absolute Gasteiger partial charge is 0.435 e. The molecule has 2 aromatic carbocycles. The van der Waals surface area contributed by atoms with Gasteiger partial charge in [-0.05, 0) is 56.5 Å². The molecule has 0 fully saturated rings. The monoisotopic (exact) mass is 408 g/mol. The van der Waals surface area contributed by atoms with Crippen LogP contribution in [0.4, 0.5) is 8.78 Å². The van der Waals surface area contributed by atoms with E-state index in [4.69, 9.17) is 0 Å². The first-order valence-corrected chi connectivity index (χ1v) is 10.3. The molecule has 5 nitrogen and oxygen atoms in total. The second-order valence-electron chi connectivity index (χ2n) is 6.73. The Bertz CT molecular complexity index is 1110. The Morgan fingerprint density at radius 2 is 1.89 bits per heavy atom. The van der Waals surface area contributed by atoms with Crippen LogP contribution in [0, 0.1) is 20.8 Å². The van der Waals surface area contributed by atoms with Gasteiger partial charge < -0.3 is 9.72 Å². The van der Waals surface area contributed by atoms with Gasteiger partial charge in [0.25, 0.3) is 0 Å². The van der Waals surface area contributed by atoms with Gasteiger partial charge in [0, 0.05) is 29.2 Å².